The van der Waals surface area contributed by atoms with Gasteiger partial charge in [0.15, 0.2) is 5.65 Å². The summed E-state index contributed by atoms with van der Waals surface area (Å²) in [6.45, 7) is 4.49. The molecular formula is C18H23N5O4. The summed E-state index contributed by atoms with van der Waals surface area (Å²) >= 11 is 0. The maximum absolute atomic E-state index is 12.1. The maximum Gasteiger partial charge on any atom is 0.339 e. The molecule has 0 spiro atoms. The van der Waals surface area contributed by atoms with Gasteiger partial charge in [0.1, 0.15) is 5.52 Å². The number of pyridine rings is 1. The first-order chi connectivity index (χ1) is 13.0. The van der Waals surface area contributed by atoms with Gasteiger partial charge in [0.2, 0.25) is 11.9 Å². The lowest BCUT2D eigenvalue weighted by Gasteiger charge is -2.25. The molecular weight excluding hydrogens is 350 g/mol. The quantitative estimate of drug-likeness (QED) is 0.731. The van der Waals surface area contributed by atoms with E-state index in [-0.39, 0.29) is 18.1 Å². The first-order valence-corrected chi connectivity index (χ1v) is 9.10. The number of esters is 1. The molecule has 0 N–H and O–H groups in total. The molecule has 2 fully saturated rings. The van der Waals surface area contributed by atoms with Gasteiger partial charge in [-0.15, -0.1) is 0 Å². The van der Waals surface area contributed by atoms with Crippen LogP contribution < -0.4 is 4.90 Å². The molecule has 2 aromatic rings. The Morgan fingerprint density at radius 2 is 2.22 bits per heavy atom. The number of aryl methyl sites for hydroxylation is 1. The van der Waals surface area contributed by atoms with Crippen molar-refractivity contribution in [1.82, 2.24) is 19.4 Å². The first-order valence-electron chi connectivity index (χ1n) is 9.10. The number of hydrogen-bond acceptors (Lipinski definition) is 7. The van der Waals surface area contributed by atoms with Crippen molar-refractivity contribution in [3.63, 3.8) is 0 Å². The van der Waals surface area contributed by atoms with E-state index < -0.39 is 5.97 Å². The van der Waals surface area contributed by atoms with Crippen LogP contribution in [-0.2, 0) is 20.8 Å². The Kier molecular flexibility index (Phi) is 4.47. The summed E-state index contributed by atoms with van der Waals surface area (Å²) in [6.07, 6.45) is 1.90. The largest absolute Gasteiger partial charge is 0.465 e. The topological polar surface area (TPSA) is 89.8 Å². The Morgan fingerprint density at radius 1 is 1.41 bits per heavy atom. The first kappa shape index (κ1) is 17.7. The second-order valence-electron chi connectivity index (χ2n) is 6.85. The molecule has 0 aromatic carbocycles. The van der Waals surface area contributed by atoms with Crippen LogP contribution >= 0.6 is 0 Å². The third-order valence-corrected chi connectivity index (χ3v) is 5.36. The van der Waals surface area contributed by atoms with Gasteiger partial charge in [0.05, 0.1) is 37.8 Å². The third-order valence-electron chi connectivity index (χ3n) is 5.36. The van der Waals surface area contributed by atoms with Crippen LogP contribution in [0, 0.1) is 0 Å². The van der Waals surface area contributed by atoms with Crippen LogP contribution in [0.3, 0.4) is 0 Å². The minimum atomic E-state index is -0.436. The minimum absolute atomic E-state index is 0.00343. The van der Waals surface area contributed by atoms with Crippen molar-refractivity contribution >= 4 is 29.0 Å². The van der Waals surface area contributed by atoms with Crippen LogP contribution in [-0.4, -0.2) is 77.3 Å². The van der Waals surface area contributed by atoms with Gasteiger partial charge in [-0.3, -0.25) is 9.36 Å². The molecule has 27 heavy (non-hydrogen) atoms. The van der Waals surface area contributed by atoms with Crippen LogP contribution in [0.2, 0.25) is 0 Å². The zero-order valence-corrected chi connectivity index (χ0v) is 15.7. The van der Waals surface area contributed by atoms with Gasteiger partial charge in [0, 0.05) is 32.9 Å². The summed E-state index contributed by atoms with van der Waals surface area (Å²) < 4.78 is 12.7. The van der Waals surface area contributed by atoms with E-state index in [2.05, 4.69) is 9.88 Å². The lowest BCUT2D eigenvalue weighted by Crippen LogP contribution is -2.42. The third kappa shape index (κ3) is 2.91. The number of rotatable bonds is 3. The summed E-state index contributed by atoms with van der Waals surface area (Å²) in [5.41, 5.74) is 1.74. The molecule has 144 valence electrons. The zero-order valence-electron chi connectivity index (χ0n) is 15.7. The zero-order chi connectivity index (χ0) is 19.1. The summed E-state index contributed by atoms with van der Waals surface area (Å²) in [6, 6.07) is 1.70. The van der Waals surface area contributed by atoms with Crippen molar-refractivity contribution in [2.75, 3.05) is 38.8 Å². The van der Waals surface area contributed by atoms with Crippen LogP contribution in [0.4, 0.5) is 5.95 Å². The molecule has 2 aliphatic rings. The molecule has 2 aliphatic heterocycles. The highest BCUT2D eigenvalue weighted by Gasteiger charge is 2.41. The fourth-order valence-corrected chi connectivity index (χ4v) is 3.88. The molecule has 0 radical (unpaired) electrons. The molecule has 0 saturated carbocycles. The fraction of sp³-hybridized carbons (Fsp3) is 0.556. The Labute approximate surface area is 156 Å². The van der Waals surface area contributed by atoms with Gasteiger partial charge in [-0.1, -0.05) is 0 Å². The molecule has 4 heterocycles. The summed E-state index contributed by atoms with van der Waals surface area (Å²) in [7, 11) is 3.18. The number of aromatic nitrogens is 3. The molecule has 9 heteroatoms. The SMILES string of the molecule is CCn1c(N2C[C@@H]3OCCC(=O)N(C)[C@H]3C2)nc2cc(C(=O)OC)cnc21. The predicted molar refractivity (Wildman–Crippen MR) is 97.7 cm³/mol. The minimum Gasteiger partial charge on any atom is -0.465 e. The van der Waals surface area contributed by atoms with Gasteiger partial charge < -0.3 is 19.3 Å². The summed E-state index contributed by atoms with van der Waals surface area (Å²) in [4.78, 5) is 37.0. The van der Waals surface area contributed by atoms with Crippen molar-refractivity contribution in [2.45, 2.75) is 32.0 Å². The average Bonchev–Trinajstić information content (AvgIpc) is 3.23. The molecule has 0 unspecified atom stereocenters. The second kappa shape index (κ2) is 6.80. The highest BCUT2D eigenvalue weighted by molar-refractivity contribution is 5.92. The number of fused-ring (bicyclic) bond motifs is 2. The number of methoxy groups -OCH3 is 1. The number of hydrogen-bond donors (Lipinski definition) is 0. The van der Waals surface area contributed by atoms with Crippen LogP contribution in [0.1, 0.15) is 23.7 Å². The van der Waals surface area contributed by atoms with Crippen LogP contribution in [0.15, 0.2) is 12.3 Å². The molecule has 1 amide bonds. The predicted octanol–water partition coefficient (Wildman–Crippen LogP) is 0.674. The van der Waals surface area contributed by atoms with Gasteiger partial charge in [0.25, 0.3) is 0 Å². The molecule has 4 rings (SSSR count). The average molecular weight is 373 g/mol. The molecule has 0 aliphatic carbocycles. The second-order valence-corrected chi connectivity index (χ2v) is 6.85. The summed E-state index contributed by atoms with van der Waals surface area (Å²) in [5.74, 6) is 0.450. The number of anilines is 1. The van der Waals surface area contributed by atoms with Crippen molar-refractivity contribution in [1.29, 1.82) is 0 Å². The molecule has 2 saturated heterocycles. The Balaban J connectivity index is 1.69. The molecule has 2 atom stereocenters. The fourth-order valence-electron chi connectivity index (χ4n) is 3.88. The lowest BCUT2D eigenvalue weighted by atomic mass is 10.2. The number of likely N-dealkylation sites (N-methyl/N-ethyl adjacent to an activating group) is 1. The number of carbonyl (C=O) groups excluding carboxylic acids is 2. The van der Waals surface area contributed by atoms with E-state index in [4.69, 9.17) is 14.5 Å². The number of ether oxygens (including phenoxy) is 2. The highest BCUT2D eigenvalue weighted by Crippen LogP contribution is 2.29. The number of imidazole rings is 1. The number of carbonyl (C=O) groups is 2. The highest BCUT2D eigenvalue weighted by atomic mass is 16.5. The monoisotopic (exact) mass is 373 g/mol. The van der Waals surface area contributed by atoms with E-state index in [0.717, 1.165) is 11.6 Å². The van der Waals surface area contributed by atoms with Crippen molar-refractivity contribution < 1.29 is 19.1 Å². The van der Waals surface area contributed by atoms with Crippen molar-refractivity contribution in [3.05, 3.63) is 17.8 Å². The van der Waals surface area contributed by atoms with E-state index in [0.29, 0.717) is 43.7 Å². The van der Waals surface area contributed by atoms with Crippen molar-refractivity contribution in [2.24, 2.45) is 0 Å². The Bertz CT molecular complexity index is 895. The smallest absolute Gasteiger partial charge is 0.339 e. The Hall–Kier alpha value is -2.68. The van der Waals surface area contributed by atoms with Crippen LogP contribution in [0.25, 0.3) is 11.2 Å². The number of nitrogens with zero attached hydrogens (tertiary/aromatic N) is 5. The van der Waals surface area contributed by atoms with Crippen LogP contribution in [0.5, 0.6) is 0 Å². The van der Waals surface area contributed by atoms with E-state index >= 15 is 0 Å². The molecule has 9 nitrogen and oxygen atoms in total. The van der Waals surface area contributed by atoms with Gasteiger partial charge >= 0.3 is 5.97 Å². The van der Waals surface area contributed by atoms with Gasteiger partial charge in [-0.2, -0.15) is 0 Å². The normalized spacial score (nSPS) is 22.9. The lowest BCUT2D eigenvalue weighted by molar-refractivity contribution is -0.130. The van der Waals surface area contributed by atoms with Crippen molar-refractivity contribution in [3.8, 4) is 0 Å². The van der Waals surface area contributed by atoms with E-state index in [1.54, 1.807) is 11.0 Å². The van der Waals surface area contributed by atoms with Gasteiger partial charge in [-0.25, -0.2) is 14.8 Å². The molecule has 0 bridgehead atoms. The van der Waals surface area contributed by atoms with E-state index in [1.807, 2.05) is 18.5 Å². The van der Waals surface area contributed by atoms with E-state index in [1.165, 1.54) is 13.3 Å². The molecule has 2 aromatic heterocycles. The maximum atomic E-state index is 12.1. The Morgan fingerprint density at radius 3 is 2.96 bits per heavy atom. The van der Waals surface area contributed by atoms with Gasteiger partial charge in [-0.05, 0) is 13.0 Å². The van der Waals surface area contributed by atoms with E-state index in [9.17, 15) is 9.59 Å². The summed E-state index contributed by atoms with van der Waals surface area (Å²) in [5, 5.41) is 0. The number of amides is 1. The standard InChI is InChI=1S/C18H23N5O4/c1-4-23-16-12(7-11(8-19-16)17(25)26-3)20-18(23)22-9-13-14(10-22)27-6-5-15(24)21(13)2/h7-8,13-14H,4-6,9-10H2,1-3H3/t13-,14-/m0/s1.